The van der Waals surface area contributed by atoms with Gasteiger partial charge >= 0.3 is 23.9 Å². The molecule has 3 rings (SSSR count). The van der Waals surface area contributed by atoms with Crippen LogP contribution in [0.4, 0.5) is 55.3 Å². The van der Waals surface area contributed by atoms with E-state index in [4.69, 9.17) is 0 Å². The van der Waals surface area contributed by atoms with E-state index in [1.54, 1.807) is 18.2 Å². The number of nitrogens with zero attached hydrogens (tertiary/aromatic N) is 1. The number of hydrogen-bond acceptors (Lipinski definition) is 2. The molecule has 41 heavy (non-hydrogen) atoms. The maximum atomic E-state index is 15.3. The summed E-state index contributed by atoms with van der Waals surface area (Å²) in [6.45, 7) is 0. The van der Waals surface area contributed by atoms with Gasteiger partial charge in [-0.05, 0) is 68.3 Å². The first kappa shape index (κ1) is 32.4. The van der Waals surface area contributed by atoms with Gasteiger partial charge in [-0.2, -0.15) is 35.1 Å². The van der Waals surface area contributed by atoms with Crippen molar-refractivity contribution in [3.63, 3.8) is 0 Å². The summed E-state index contributed by atoms with van der Waals surface area (Å²) in [5, 5.41) is 2.06. The fourth-order valence-corrected chi connectivity index (χ4v) is 5.01. The number of anilines is 2. The van der Waals surface area contributed by atoms with Gasteiger partial charge in [0.2, 0.25) is 0 Å². The molecular formula is C25H14Br2F10N2O2. The second-order valence-corrected chi connectivity index (χ2v) is 10.1. The minimum atomic E-state index is -6.93. The van der Waals surface area contributed by atoms with Crippen molar-refractivity contribution in [2.45, 2.75) is 23.9 Å². The van der Waals surface area contributed by atoms with Crippen molar-refractivity contribution in [3.8, 4) is 0 Å². The molecule has 2 amide bonds. The molecule has 0 bridgehead atoms. The Morgan fingerprint density at radius 3 is 1.80 bits per heavy atom. The first-order valence-corrected chi connectivity index (χ1v) is 12.5. The van der Waals surface area contributed by atoms with Gasteiger partial charge < -0.3 is 10.2 Å². The molecule has 220 valence electrons. The Labute approximate surface area is 241 Å². The minimum absolute atomic E-state index is 0.0212. The summed E-state index contributed by atoms with van der Waals surface area (Å²) in [6, 6.07) is 11.0. The topological polar surface area (TPSA) is 49.4 Å². The lowest BCUT2D eigenvalue weighted by molar-refractivity contribution is -0.389. The highest BCUT2D eigenvalue weighted by Gasteiger charge is 2.81. The number of rotatable bonds is 6. The largest absolute Gasteiger partial charge is 0.457 e. The molecule has 3 aromatic carbocycles. The number of alkyl halides is 9. The fourth-order valence-electron chi connectivity index (χ4n) is 3.63. The second kappa shape index (κ2) is 11.3. The van der Waals surface area contributed by atoms with Crippen LogP contribution >= 0.6 is 31.9 Å². The van der Waals surface area contributed by atoms with E-state index in [9.17, 15) is 49.1 Å². The normalized spacial score (nSPS) is 13.9. The molecule has 0 aliphatic carbocycles. The summed E-state index contributed by atoms with van der Waals surface area (Å²) >= 11 is 5.25. The predicted octanol–water partition coefficient (Wildman–Crippen LogP) is 8.80. The van der Waals surface area contributed by atoms with Crippen molar-refractivity contribution in [1.82, 2.24) is 0 Å². The summed E-state index contributed by atoms with van der Waals surface area (Å²) in [5.41, 5.74) is -9.76. The maximum Gasteiger partial charge on any atom is 0.457 e. The number of halogens is 12. The Hall–Kier alpha value is -3.14. The third kappa shape index (κ3) is 5.80. The highest BCUT2D eigenvalue weighted by atomic mass is 79.9. The molecule has 0 aromatic heterocycles. The number of hydrogen-bond donors (Lipinski definition) is 1. The zero-order valence-electron chi connectivity index (χ0n) is 20.1. The van der Waals surface area contributed by atoms with E-state index in [1.807, 2.05) is 0 Å². The number of amides is 2. The molecule has 3 aromatic rings. The SMILES string of the molecule is CN(C(=O)c1ccccc1)c1cccc(C(=O)Nc2c(Br)cc(C(F)(C(F)(F)F)C(F)(F)C(F)(F)F)cc2Br)c1F. The molecule has 0 fully saturated rings. The predicted molar refractivity (Wildman–Crippen MR) is 135 cm³/mol. The molecular weight excluding hydrogens is 710 g/mol. The van der Waals surface area contributed by atoms with Crippen LogP contribution in [0.1, 0.15) is 26.3 Å². The van der Waals surface area contributed by atoms with Crippen molar-refractivity contribution in [2.75, 3.05) is 17.3 Å². The quantitative estimate of drug-likeness (QED) is 0.259. The number of nitrogens with one attached hydrogen (secondary N) is 1. The van der Waals surface area contributed by atoms with E-state index < -0.39 is 67.3 Å². The Morgan fingerprint density at radius 2 is 1.32 bits per heavy atom. The average molecular weight is 724 g/mol. The zero-order valence-corrected chi connectivity index (χ0v) is 23.2. The summed E-state index contributed by atoms with van der Waals surface area (Å²) < 4.78 is 135. The van der Waals surface area contributed by atoms with Gasteiger partial charge in [0, 0.05) is 27.1 Å². The summed E-state index contributed by atoms with van der Waals surface area (Å²) in [4.78, 5) is 26.5. The van der Waals surface area contributed by atoms with E-state index in [2.05, 4.69) is 37.2 Å². The van der Waals surface area contributed by atoms with Crippen LogP contribution in [0.3, 0.4) is 0 Å². The van der Waals surface area contributed by atoms with Gasteiger partial charge in [0.15, 0.2) is 5.82 Å². The van der Waals surface area contributed by atoms with Gasteiger partial charge in [0.05, 0.1) is 16.9 Å². The summed E-state index contributed by atoms with van der Waals surface area (Å²) in [6.07, 6.45) is -13.7. The third-order valence-electron chi connectivity index (χ3n) is 5.77. The van der Waals surface area contributed by atoms with E-state index in [1.165, 1.54) is 31.3 Å². The fraction of sp³-hybridized carbons (Fsp3) is 0.200. The molecule has 16 heteroatoms. The van der Waals surface area contributed by atoms with Gasteiger partial charge in [0.1, 0.15) is 0 Å². The van der Waals surface area contributed by atoms with Crippen molar-refractivity contribution in [2.24, 2.45) is 0 Å². The Bertz CT molecular complexity index is 1460. The smallest absolute Gasteiger partial charge is 0.320 e. The number of carbonyl (C=O) groups is 2. The lowest BCUT2D eigenvalue weighted by atomic mass is 9.87. The summed E-state index contributed by atoms with van der Waals surface area (Å²) in [7, 11) is 1.22. The molecule has 0 heterocycles. The monoisotopic (exact) mass is 722 g/mol. The van der Waals surface area contributed by atoms with Gasteiger partial charge in [-0.25, -0.2) is 8.78 Å². The average Bonchev–Trinajstić information content (AvgIpc) is 2.88. The molecule has 1 atom stereocenters. The highest BCUT2D eigenvalue weighted by molar-refractivity contribution is 9.11. The minimum Gasteiger partial charge on any atom is -0.320 e. The Balaban J connectivity index is 2.00. The Kier molecular flexibility index (Phi) is 8.90. The van der Waals surface area contributed by atoms with E-state index >= 15 is 4.39 Å². The zero-order chi connectivity index (χ0) is 31.1. The second-order valence-electron chi connectivity index (χ2n) is 8.37. The molecule has 0 saturated heterocycles. The van der Waals surface area contributed by atoms with Crippen LogP contribution < -0.4 is 10.2 Å². The van der Waals surface area contributed by atoms with E-state index in [0.29, 0.717) is 0 Å². The van der Waals surface area contributed by atoms with Crippen LogP contribution in [0.15, 0.2) is 69.6 Å². The molecule has 1 N–H and O–H groups in total. The van der Waals surface area contributed by atoms with Crippen LogP contribution in [0, 0.1) is 5.82 Å². The highest BCUT2D eigenvalue weighted by Crippen LogP contribution is 2.59. The molecule has 4 nitrogen and oxygen atoms in total. The molecule has 0 saturated carbocycles. The van der Waals surface area contributed by atoms with Gasteiger partial charge in [0.25, 0.3) is 11.8 Å². The Morgan fingerprint density at radius 1 is 0.780 bits per heavy atom. The molecule has 1 unspecified atom stereocenters. The molecule has 0 aliphatic rings. The van der Waals surface area contributed by atoms with Crippen molar-refractivity contribution < 1.29 is 53.5 Å². The lowest BCUT2D eigenvalue weighted by Crippen LogP contribution is -2.59. The van der Waals surface area contributed by atoms with Crippen molar-refractivity contribution >= 4 is 55.0 Å². The van der Waals surface area contributed by atoms with Crippen LogP contribution in [0.5, 0.6) is 0 Å². The molecule has 0 radical (unpaired) electrons. The number of benzene rings is 3. The van der Waals surface area contributed by atoms with Gasteiger partial charge in [-0.15, -0.1) is 0 Å². The molecule has 0 aliphatic heterocycles. The van der Waals surface area contributed by atoms with Crippen LogP contribution in [-0.2, 0) is 5.67 Å². The van der Waals surface area contributed by atoms with E-state index in [0.717, 1.165) is 11.0 Å². The maximum absolute atomic E-state index is 15.3. The van der Waals surface area contributed by atoms with Crippen LogP contribution in [0.2, 0.25) is 0 Å². The van der Waals surface area contributed by atoms with Crippen LogP contribution in [0.25, 0.3) is 0 Å². The molecule has 0 spiro atoms. The number of carbonyl (C=O) groups excluding carboxylic acids is 2. The first-order valence-electron chi connectivity index (χ1n) is 10.9. The third-order valence-corrected chi connectivity index (χ3v) is 7.02. The standard InChI is InChI=1S/C25H14Br2F10N2O2/c1-39(21(41)12-6-3-2-4-7-12)17-9-5-8-14(18(17)28)20(40)38-19-15(26)10-13(11-16(19)27)22(29,24(32,33)34)23(30,31)25(35,36)37/h2-11H,1H3,(H,38,40). The van der Waals surface area contributed by atoms with Gasteiger partial charge in [-0.3, -0.25) is 9.59 Å². The first-order chi connectivity index (χ1) is 18.8. The lowest BCUT2D eigenvalue weighted by Gasteiger charge is -2.36. The van der Waals surface area contributed by atoms with Gasteiger partial charge in [-0.1, -0.05) is 24.3 Å². The van der Waals surface area contributed by atoms with Crippen molar-refractivity contribution in [1.29, 1.82) is 0 Å². The van der Waals surface area contributed by atoms with E-state index in [-0.39, 0.29) is 23.4 Å². The van der Waals surface area contributed by atoms with Crippen molar-refractivity contribution in [3.05, 3.63) is 92.1 Å². The van der Waals surface area contributed by atoms with Crippen LogP contribution in [-0.4, -0.2) is 37.1 Å². The summed E-state index contributed by atoms with van der Waals surface area (Å²) in [5.74, 6) is -10.0.